The summed E-state index contributed by atoms with van der Waals surface area (Å²) in [7, 11) is 0. The van der Waals surface area contributed by atoms with Gasteiger partial charge in [0.2, 0.25) is 11.8 Å². The highest BCUT2D eigenvalue weighted by Gasteiger charge is 2.56. The van der Waals surface area contributed by atoms with Gasteiger partial charge in [0.1, 0.15) is 11.8 Å². The number of hydrogen-bond acceptors (Lipinski definition) is 4. The van der Waals surface area contributed by atoms with E-state index in [9.17, 15) is 19.8 Å². The van der Waals surface area contributed by atoms with Crippen molar-refractivity contribution in [1.82, 2.24) is 10.6 Å². The van der Waals surface area contributed by atoms with Crippen LogP contribution >= 0.6 is 0 Å². The highest BCUT2D eigenvalue weighted by Crippen LogP contribution is 2.62. The fourth-order valence-electron chi connectivity index (χ4n) is 9.60. The van der Waals surface area contributed by atoms with Crippen LogP contribution in [0.25, 0.3) is 0 Å². The summed E-state index contributed by atoms with van der Waals surface area (Å²) < 4.78 is 0. The maximum Gasteiger partial charge on any atom is 0.242 e. The molecule has 0 aliphatic heterocycles. The number of phenolic OH excluding ortho intramolecular Hbond substituents is 1. The van der Waals surface area contributed by atoms with E-state index in [1.54, 1.807) is 0 Å². The average molecular weight is 653 g/mol. The zero-order valence-corrected chi connectivity index (χ0v) is 30.3. The number of carbonyl (C=O) groups is 2. The van der Waals surface area contributed by atoms with Crippen molar-refractivity contribution in [2.45, 2.75) is 174 Å². The molecule has 0 aromatic heterocycles. The minimum absolute atomic E-state index is 0.00460. The number of rotatable bonds is 20. The molecule has 47 heavy (non-hydrogen) atoms. The van der Waals surface area contributed by atoms with E-state index < -0.39 is 6.04 Å². The molecule has 2 fully saturated rings. The number of unbranched alkanes of at least 4 members (excludes halogenated alkanes) is 10. The van der Waals surface area contributed by atoms with Crippen molar-refractivity contribution < 1.29 is 19.8 Å². The van der Waals surface area contributed by atoms with Crippen molar-refractivity contribution in [3.63, 3.8) is 0 Å². The van der Waals surface area contributed by atoms with Crippen LogP contribution in [0, 0.1) is 29.1 Å². The smallest absolute Gasteiger partial charge is 0.242 e. The van der Waals surface area contributed by atoms with Crippen molar-refractivity contribution in [1.29, 1.82) is 0 Å². The maximum atomic E-state index is 12.8. The van der Waals surface area contributed by atoms with Gasteiger partial charge in [-0.05, 0) is 110 Å². The molecular formula is C41H68N2O4. The number of aromatic hydroxyl groups is 1. The van der Waals surface area contributed by atoms with E-state index in [0.29, 0.717) is 42.4 Å². The summed E-state index contributed by atoms with van der Waals surface area (Å²) in [5, 5.41) is 27.2. The van der Waals surface area contributed by atoms with E-state index in [4.69, 9.17) is 0 Å². The van der Waals surface area contributed by atoms with Gasteiger partial charge in [-0.25, -0.2) is 0 Å². The summed E-state index contributed by atoms with van der Waals surface area (Å²) in [6, 6.07) is 5.68. The van der Waals surface area contributed by atoms with Crippen LogP contribution in [-0.2, 0) is 16.0 Å². The van der Waals surface area contributed by atoms with Crippen molar-refractivity contribution >= 4 is 11.8 Å². The molecular weight excluding hydrogens is 584 g/mol. The lowest BCUT2D eigenvalue weighted by atomic mass is 9.52. The number of nitrogens with one attached hydrogen (secondary N) is 2. The maximum absolute atomic E-state index is 12.8. The average Bonchev–Trinajstić information content (AvgIpc) is 3.36. The van der Waals surface area contributed by atoms with Crippen molar-refractivity contribution in [3.8, 4) is 5.75 Å². The molecule has 8 atom stereocenters. The molecule has 6 heteroatoms. The molecule has 2 saturated carbocycles. The Kier molecular flexibility index (Phi) is 14.9. The Morgan fingerprint density at radius 2 is 1.64 bits per heavy atom. The lowest BCUT2D eigenvalue weighted by Crippen LogP contribution is -2.50. The topological polar surface area (TPSA) is 98.7 Å². The van der Waals surface area contributed by atoms with Crippen LogP contribution < -0.4 is 10.6 Å². The van der Waals surface area contributed by atoms with Gasteiger partial charge < -0.3 is 20.8 Å². The second kappa shape index (κ2) is 18.6. The summed E-state index contributed by atoms with van der Waals surface area (Å²) in [6.45, 7) is 9.29. The van der Waals surface area contributed by atoms with E-state index >= 15 is 0 Å². The number of carbonyl (C=O) groups excluding carboxylic acids is 2. The van der Waals surface area contributed by atoms with Gasteiger partial charge >= 0.3 is 0 Å². The Labute approximate surface area is 286 Å². The Morgan fingerprint density at radius 1 is 0.936 bits per heavy atom. The van der Waals surface area contributed by atoms with E-state index in [1.807, 2.05) is 19.1 Å². The summed E-state index contributed by atoms with van der Waals surface area (Å²) in [6.07, 6.45) is 22.1. The van der Waals surface area contributed by atoms with Gasteiger partial charge in [-0.3, -0.25) is 9.59 Å². The third kappa shape index (κ3) is 9.98. The third-order valence-corrected chi connectivity index (χ3v) is 12.7. The highest BCUT2D eigenvalue weighted by molar-refractivity contribution is 5.87. The summed E-state index contributed by atoms with van der Waals surface area (Å²) in [5.74, 6) is 3.03. The van der Waals surface area contributed by atoms with E-state index in [0.717, 1.165) is 57.8 Å². The monoisotopic (exact) mass is 653 g/mol. The highest BCUT2D eigenvalue weighted by atomic mass is 16.3. The van der Waals surface area contributed by atoms with Crippen LogP contribution in [0.3, 0.4) is 0 Å². The molecule has 4 rings (SSSR count). The second-order valence-electron chi connectivity index (χ2n) is 15.9. The first-order chi connectivity index (χ1) is 22.7. The Morgan fingerprint density at radius 3 is 2.34 bits per heavy atom. The Bertz CT molecular complexity index is 1120. The van der Waals surface area contributed by atoms with Crippen LogP contribution in [0.1, 0.15) is 167 Å². The van der Waals surface area contributed by atoms with Crippen molar-refractivity contribution in [2.24, 2.45) is 29.1 Å². The first-order valence-corrected chi connectivity index (χ1v) is 19.8. The fraction of sp³-hybridized carbons (Fsp3) is 0.805. The number of fused-ring (bicyclic) bond motifs is 5. The molecule has 0 saturated heterocycles. The molecule has 0 radical (unpaired) electrons. The standard InChI is InChI=1S/C41H68N2O4/c1-5-7-15-19-37(46)43-39(29(3)6-2)40(47)42-26-17-14-12-10-8-9-11-13-16-18-30-27-31-28-32(44)20-21-33(31)34-24-25-41(4)35(38(30)34)22-23-36(41)45/h20-21,28-30,34-36,38-39,44-45H,5-19,22-27H2,1-4H3,(H,42,47)(H,43,46)/t29?,30-,34-,35+,36+,38-,39+,41+/m1/s1. The number of phenols is 1. The first kappa shape index (κ1) is 37.7. The number of aliphatic hydroxyl groups is 1. The Balaban J connectivity index is 1.09. The predicted octanol–water partition coefficient (Wildman–Crippen LogP) is 8.96. The van der Waals surface area contributed by atoms with Gasteiger partial charge in [0.15, 0.2) is 0 Å². The Hall–Kier alpha value is -2.08. The zero-order chi connectivity index (χ0) is 33.8. The van der Waals surface area contributed by atoms with Gasteiger partial charge in [-0.2, -0.15) is 0 Å². The summed E-state index contributed by atoms with van der Waals surface area (Å²) >= 11 is 0. The van der Waals surface area contributed by atoms with Gasteiger partial charge in [-0.15, -0.1) is 0 Å². The van der Waals surface area contributed by atoms with E-state index in [2.05, 4.69) is 37.5 Å². The SMILES string of the molecule is CCCCCC(=O)N[C@H](C(=O)NCCCCCCCCCCC[C@@H]1Cc2cc(O)ccc2[C@H]2CC[C@]3(C)[C@@H](O)CC[C@H]3[C@H]12)C(C)CC. The van der Waals surface area contributed by atoms with Gasteiger partial charge in [0.05, 0.1) is 6.10 Å². The van der Waals surface area contributed by atoms with Crippen LogP contribution in [0.5, 0.6) is 5.75 Å². The third-order valence-electron chi connectivity index (χ3n) is 12.7. The molecule has 4 N–H and O–H groups in total. The van der Waals surface area contributed by atoms with Crippen LogP contribution in [0.15, 0.2) is 18.2 Å². The van der Waals surface area contributed by atoms with Gasteiger partial charge in [0.25, 0.3) is 0 Å². The van der Waals surface area contributed by atoms with Crippen LogP contribution in [-0.4, -0.2) is 40.7 Å². The molecule has 0 spiro atoms. The van der Waals surface area contributed by atoms with Crippen LogP contribution in [0.2, 0.25) is 0 Å². The molecule has 266 valence electrons. The second-order valence-corrected chi connectivity index (χ2v) is 15.9. The van der Waals surface area contributed by atoms with Crippen LogP contribution in [0.4, 0.5) is 0 Å². The number of aliphatic hydroxyl groups excluding tert-OH is 1. The van der Waals surface area contributed by atoms with Gasteiger partial charge in [-0.1, -0.05) is 104 Å². The molecule has 2 amide bonds. The van der Waals surface area contributed by atoms with Gasteiger partial charge in [0, 0.05) is 13.0 Å². The quantitative estimate of drug-likeness (QED) is 0.106. The lowest BCUT2D eigenvalue weighted by Gasteiger charge is -2.53. The van der Waals surface area contributed by atoms with Crippen molar-refractivity contribution in [3.05, 3.63) is 29.3 Å². The summed E-state index contributed by atoms with van der Waals surface area (Å²) in [5.41, 5.74) is 2.94. The lowest BCUT2D eigenvalue weighted by molar-refractivity contribution is -0.130. The summed E-state index contributed by atoms with van der Waals surface area (Å²) in [4.78, 5) is 25.2. The normalized spacial score (nSPS) is 27.7. The number of amides is 2. The number of benzene rings is 1. The molecule has 3 aliphatic rings. The van der Waals surface area contributed by atoms with E-state index in [1.165, 1.54) is 75.3 Å². The zero-order valence-electron chi connectivity index (χ0n) is 30.3. The molecule has 1 aromatic rings. The fourth-order valence-corrected chi connectivity index (χ4v) is 9.60. The predicted molar refractivity (Wildman–Crippen MR) is 192 cm³/mol. The first-order valence-electron chi connectivity index (χ1n) is 19.8. The molecule has 0 bridgehead atoms. The molecule has 3 aliphatic carbocycles. The molecule has 1 unspecified atom stereocenters. The largest absolute Gasteiger partial charge is 0.508 e. The molecule has 6 nitrogen and oxygen atoms in total. The molecule has 1 aromatic carbocycles. The minimum atomic E-state index is -0.434. The molecule has 0 heterocycles. The number of hydrogen-bond donors (Lipinski definition) is 4. The minimum Gasteiger partial charge on any atom is -0.508 e. The van der Waals surface area contributed by atoms with E-state index in [-0.39, 0.29) is 29.3 Å². The van der Waals surface area contributed by atoms with Crippen molar-refractivity contribution in [2.75, 3.05) is 6.54 Å².